The first-order valence-electron chi connectivity index (χ1n) is 6.92. The van der Waals surface area contributed by atoms with Crippen LogP contribution in [0.2, 0.25) is 5.02 Å². The molecule has 6 heteroatoms. The van der Waals surface area contributed by atoms with Crippen molar-refractivity contribution in [3.63, 3.8) is 0 Å². The molecular formula is C14H21ClN2O2S. The lowest BCUT2D eigenvalue weighted by Crippen LogP contribution is -2.37. The minimum absolute atomic E-state index is 0.0255. The van der Waals surface area contributed by atoms with Gasteiger partial charge >= 0.3 is 0 Å². The van der Waals surface area contributed by atoms with Crippen LogP contribution in [0, 0.1) is 11.8 Å². The lowest BCUT2D eigenvalue weighted by Gasteiger charge is -2.21. The second-order valence-electron chi connectivity index (χ2n) is 5.52. The van der Waals surface area contributed by atoms with E-state index in [0.29, 0.717) is 17.5 Å². The Hall–Kier alpha value is -0.780. The van der Waals surface area contributed by atoms with Crippen LogP contribution >= 0.6 is 11.6 Å². The van der Waals surface area contributed by atoms with Crippen LogP contribution in [-0.2, 0) is 10.0 Å². The van der Waals surface area contributed by atoms with Gasteiger partial charge in [-0.05, 0) is 42.9 Å². The van der Waals surface area contributed by atoms with E-state index in [1.807, 2.05) is 0 Å². The number of nitrogens with two attached hydrogens (primary N) is 1. The summed E-state index contributed by atoms with van der Waals surface area (Å²) in [4.78, 5) is 0.0614. The summed E-state index contributed by atoms with van der Waals surface area (Å²) in [7, 11) is -3.62. The van der Waals surface area contributed by atoms with E-state index < -0.39 is 10.0 Å². The van der Waals surface area contributed by atoms with Crippen LogP contribution in [0.25, 0.3) is 0 Å². The third kappa shape index (κ3) is 3.10. The van der Waals surface area contributed by atoms with E-state index in [9.17, 15) is 8.42 Å². The van der Waals surface area contributed by atoms with Gasteiger partial charge in [-0.1, -0.05) is 31.9 Å². The molecule has 20 heavy (non-hydrogen) atoms. The van der Waals surface area contributed by atoms with Crippen molar-refractivity contribution in [2.75, 3.05) is 5.73 Å². The van der Waals surface area contributed by atoms with Crippen molar-refractivity contribution in [2.45, 2.75) is 44.0 Å². The fraction of sp³-hybridized carbons (Fsp3) is 0.571. The smallest absolute Gasteiger partial charge is 0.242 e. The molecule has 1 aliphatic carbocycles. The van der Waals surface area contributed by atoms with Crippen LogP contribution in [0.1, 0.15) is 33.1 Å². The van der Waals surface area contributed by atoms with Crippen LogP contribution in [0.5, 0.6) is 0 Å². The minimum Gasteiger partial charge on any atom is -0.399 e. The summed E-state index contributed by atoms with van der Waals surface area (Å²) in [5.74, 6) is 0.925. The normalized spacial score (nSPS) is 26.9. The molecule has 0 spiro atoms. The lowest BCUT2D eigenvalue weighted by molar-refractivity contribution is 0.368. The molecule has 1 fully saturated rings. The van der Waals surface area contributed by atoms with Crippen molar-refractivity contribution in [2.24, 2.45) is 11.8 Å². The standard InChI is InChI=1S/C14H21ClN2O2S/c1-3-10-4-7-13(9(10)2)17-20(18,19)14-8-11(16)5-6-12(14)15/h5-6,8-10,13,17H,3-4,7,16H2,1-2H3. The average Bonchev–Trinajstić information content (AvgIpc) is 2.73. The van der Waals surface area contributed by atoms with Crippen molar-refractivity contribution in [3.8, 4) is 0 Å². The Kier molecular flexibility index (Phi) is 4.62. The van der Waals surface area contributed by atoms with Gasteiger partial charge in [0, 0.05) is 11.7 Å². The Morgan fingerprint density at radius 1 is 1.40 bits per heavy atom. The Labute approximate surface area is 125 Å². The predicted octanol–water partition coefficient (Wildman–Crippen LogP) is 3.03. The monoisotopic (exact) mass is 316 g/mol. The number of nitrogen functional groups attached to an aromatic ring is 1. The number of benzene rings is 1. The number of rotatable bonds is 4. The molecule has 1 aromatic carbocycles. The highest BCUT2D eigenvalue weighted by molar-refractivity contribution is 7.89. The molecule has 3 N–H and O–H groups in total. The van der Waals surface area contributed by atoms with Gasteiger partial charge in [0.2, 0.25) is 10.0 Å². The van der Waals surface area contributed by atoms with Crippen LogP contribution < -0.4 is 10.5 Å². The van der Waals surface area contributed by atoms with Gasteiger partial charge in [-0.15, -0.1) is 0 Å². The Bertz CT molecular complexity index is 589. The summed E-state index contributed by atoms with van der Waals surface area (Å²) in [6, 6.07) is 4.48. The molecular weight excluding hydrogens is 296 g/mol. The predicted molar refractivity (Wildman–Crippen MR) is 82.2 cm³/mol. The molecule has 0 amide bonds. The number of nitrogens with one attached hydrogen (secondary N) is 1. The molecule has 3 unspecified atom stereocenters. The molecule has 1 aliphatic rings. The van der Waals surface area contributed by atoms with Gasteiger partial charge in [-0.25, -0.2) is 13.1 Å². The second-order valence-corrected chi connectivity index (χ2v) is 7.61. The fourth-order valence-electron chi connectivity index (χ4n) is 2.98. The zero-order chi connectivity index (χ0) is 14.9. The van der Waals surface area contributed by atoms with Crippen molar-refractivity contribution >= 4 is 27.3 Å². The molecule has 0 aromatic heterocycles. The van der Waals surface area contributed by atoms with E-state index >= 15 is 0 Å². The topological polar surface area (TPSA) is 72.2 Å². The first-order chi connectivity index (χ1) is 9.35. The minimum atomic E-state index is -3.62. The third-order valence-electron chi connectivity index (χ3n) is 4.30. The van der Waals surface area contributed by atoms with Crippen LogP contribution in [0.15, 0.2) is 23.1 Å². The SMILES string of the molecule is CCC1CCC(NS(=O)(=O)c2cc(N)ccc2Cl)C1C. The van der Waals surface area contributed by atoms with Crippen molar-refractivity contribution < 1.29 is 8.42 Å². The maximum atomic E-state index is 12.5. The van der Waals surface area contributed by atoms with Gasteiger partial charge in [0.1, 0.15) is 4.90 Å². The van der Waals surface area contributed by atoms with E-state index in [0.717, 1.165) is 19.3 Å². The summed E-state index contributed by atoms with van der Waals surface area (Å²) in [6.07, 6.45) is 3.02. The lowest BCUT2D eigenvalue weighted by atomic mass is 9.94. The van der Waals surface area contributed by atoms with Gasteiger partial charge in [0.05, 0.1) is 5.02 Å². The number of sulfonamides is 1. The van der Waals surface area contributed by atoms with E-state index in [2.05, 4.69) is 18.6 Å². The fourth-order valence-corrected chi connectivity index (χ4v) is 4.88. The molecule has 0 heterocycles. The summed E-state index contributed by atoms with van der Waals surface area (Å²) in [5.41, 5.74) is 6.04. The maximum Gasteiger partial charge on any atom is 0.242 e. The molecule has 112 valence electrons. The molecule has 1 aromatic rings. The van der Waals surface area contributed by atoms with E-state index in [1.165, 1.54) is 12.1 Å². The largest absolute Gasteiger partial charge is 0.399 e. The molecule has 0 radical (unpaired) electrons. The van der Waals surface area contributed by atoms with Gasteiger partial charge in [-0.2, -0.15) is 0 Å². The van der Waals surface area contributed by atoms with Crippen molar-refractivity contribution in [1.29, 1.82) is 0 Å². The average molecular weight is 317 g/mol. The number of anilines is 1. The number of halogens is 1. The van der Waals surface area contributed by atoms with Crippen LogP contribution in [0.4, 0.5) is 5.69 Å². The summed E-state index contributed by atoms with van der Waals surface area (Å²) in [6.45, 7) is 4.25. The highest BCUT2D eigenvalue weighted by Gasteiger charge is 2.34. The van der Waals surface area contributed by atoms with E-state index in [1.54, 1.807) is 6.07 Å². The number of hydrogen-bond acceptors (Lipinski definition) is 3. The maximum absolute atomic E-state index is 12.5. The quantitative estimate of drug-likeness (QED) is 0.839. The molecule has 1 saturated carbocycles. The Morgan fingerprint density at radius 3 is 2.70 bits per heavy atom. The van der Waals surface area contributed by atoms with Gasteiger partial charge in [0.15, 0.2) is 0 Å². The zero-order valence-electron chi connectivity index (χ0n) is 11.8. The van der Waals surface area contributed by atoms with Crippen LogP contribution in [-0.4, -0.2) is 14.5 Å². The molecule has 2 rings (SSSR count). The molecule has 4 nitrogen and oxygen atoms in total. The first kappa shape index (κ1) is 15.6. The first-order valence-corrected chi connectivity index (χ1v) is 8.78. The highest BCUT2D eigenvalue weighted by Crippen LogP contribution is 2.35. The van der Waals surface area contributed by atoms with Crippen molar-refractivity contribution in [3.05, 3.63) is 23.2 Å². The van der Waals surface area contributed by atoms with E-state index in [4.69, 9.17) is 17.3 Å². The summed E-state index contributed by atoms with van der Waals surface area (Å²) in [5, 5.41) is 0.199. The summed E-state index contributed by atoms with van der Waals surface area (Å²) >= 11 is 5.98. The third-order valence-corrected chi connectivity index (χ3v) is 6.27. The highest BCUT2D eigenvalue weighted by atomic mass is 35.5. The molecule has 0 aliphatic heterocycles. The van der Waals surface area contributed by atoms with Gasteiger partial charge < -0.3 is 5.73 Å². The van der Waals surface area contributed by atoms with Crippen LogP contribution in [0.3, 0.4) is 0 Å². The van der Waals surface area contributed by atoms with Gasteiger partial charge in [0.25, 0.3) is 0 Å². The Balaban J connectivity index is 2.22. The van der Waals surface area contributed by atoms with E-state index in [-0.39, 0.29) is 16.0 Å². The van der Waals surface area contributed by atoms with Gasteiger partial charge in [-0.3, -0.25) is 0 Å². The summed E-state index contributed by atoms with van der Waals surface area (Å²) < 4.78 is 27.7. The Morgan fingerprint density at radius 2 is 2.10 bits per heavy atom. The second kappa shape index (κ2) is 5.92. The molecule has 3 atom stereocenters. The van der Waals surface area contributed by atoms with Crippen molar-refractivity contribution in [1.82, 2.24) is 4.72 Å². The molecule has 0 saturated heterocycles. The zero-order valence-corrected chi connectivity index (χ0v) is 13.3. The molecule has 0 bridgehead atoms. The number of hydrogen-bond donors (Lipinski definition) is 2.